The van der Waals surface area contributed by atoms with E-state index >= 15 is 0 Å². The molecule has 0 radical (unpaired) electrons. The minimum Gasteiger partial charge on any atom is -0.469 e. The third-order valence-corrected chi connectivity index (χ3v) is 4.07. The minimum atomic E-state index is -0.206. The first-order valence-electron chi connectivity index (χ1n) is 8.54. The minimum absolute atomic E-state index is 0.206. The van der Waals surface area contributed by atoms with Crippen molar-refractivity contribution in [2.75, 3.05) is 39.8 Å². The van der Waals surface area contributed by atoms with Crippen LogP contribution in [0.1, 0.15) is 46.0 Å². The quantitative estimate of drug-likeness (QED) is 0.402. The second-order valence-electron chi connectivity index (χ2n) is 5.61. The highest BCUT2D eigenvalue weighted by atomic mass is 16.5. The molecule has 1 atom stereocenters. The Balaban J connectivity index is 2.35. The number of carbonyl (C=O) groups is 1. The molecule has 1 unspecified atom stereocenters. The van der Waals surface area contributed by atoms with Crippen molar-refractivity contribution in [2.45, 2.75) is 52.0 Å². The number of hydrogen-bond acceptors (Lipinski definition) is 4. The van der Waals surface area contributed by atoms with Gasteiger partial charge in [0.2, 0.25) is 0 Å². The Morgan fingerprint density at radius 2 is 2.14 bits per heavy atom. The van der Waals surface area contributed by atoms with Gasteiger partial charge in [0.25, 0.3) is 0 Å². The average molecular weight is 312 g/mol. The zero-order valence-corrected chi connectivity index (χ0v) is 14.4. The number of rotatable bonds is 8. The van der Waals surface area contributed by atoms with Gasteiger partial charge < -0.3 is 15.4 Å². The van der Waals surface area contributed by atoms with E-state index in [1.807, 2.05) is 6.92 Å². The lowest BCUT2D eigenvalue weighted by Crippen LogP contribution is -2.42. The SMILES string of the molecule is CCNC(=NCCN1CCCCC1CC)NCCC(=O)OC. The van der Waals surface area contributed by atoms with Crippen LogP contribution < -0.4 is 10.6 Å². The molecule has 1 rings (SSSR count). The maximum atomic E-state index is 11.1. The highest BCUT2D eigenvalue weighted by Gasteiger charge is 2.19. The highest BCUT2D eigenvalue weighted by Crippen LogP contribution is 2.18. The molecule has 0 aliphatic carbocycles. The largest absolute Gasteiger partial charge is 0.469 e. The Morgan fingerprint density at radius 1 is 1.32 bits per heavy atom. The maximum absolute atomic E-state index is 11.1. The number of carbonyl (C=O) groups excluding carboxylic acids is 1. The zero-order chi connectivity index (χ0) is 16.2. The molecule has 1 heterocycles. The molecule has 1 aliphatic rings. The van der Waals surface area contributed by atoms with Gasteiger partial charge in [-0.25, -0.2) is 0 Å². The smallest absolute Gasteiger partial charge is 0.307 e. The molecule has 0 aromatic rings. The van der Waals surface area contributed by atoms with Crippen LogP contribution in [0.15, 0.2) is 4.99 Å². The lowest BCUT2D eigenvalue weighted by atomic mass is 10.0. The summed E-state index contributed by atoms with van der Waals surface area (Å²) in [6, 6.07) is 0.721. The molecule has 22 heavy (non-hydrogen) atoms. The molecule has 0 amide bonds. The zero-order valence-electron chi connectivity index (χ0n) is 14.4. The van der Waals surface area contributed by atoms with E-state index in [0.29, 0.717) is 13.0 Å². The van der Waals surface area contributed by atoms with Crippen molar-refractivity contribution < 1.29 is 9.53 Å². The number of nitrogens with zero attached hydrogens (tertiary/aromatic N) is 2. The first-order chi connectivity index (χ1) is 10.7. The summed E-state index contributed by atoms with van der Waals surface area (Å²) in [6.45, 7) is 8.64. The summed E-state index contributed by atoms with van der Waals surface area (Å²) in [7, 11) is 1.41. The summed E-state index contributed by atoms with van der Waals surface area (Å²) < 4.78 is 4.63. The van der Waals surface area contributed by atoms with E-state index in [2.05, 4.69) is 32.2 Å². The lowest BCUT2D eigenvalue weighted by Gasteiger charge is -2.34. The Labute approximate surface area is 134 Å². The number of nitrogens with one attached hydrogen (secondary N) is 2. The molecule has 1 aliphatic heterocycles. The molecule has 0 bridgehead atoms. The van der Waals surface area contributed by atoms with Crippen LogP contribution in [0.25, 0.3) is 0 Å². The number of likely N-dealkylation sites (tertiary alicyclic amines) is 1. The van der Waals surface area contributed by atoms with Gasteiger partial charge in [-0.2, -0.15) is 0 Å². The van der Waals surface area contributed by atoms with E-state index in [9.17, 15) is 4.79 Å². The number of guanidine groups is 1. The van der Waals surface area contributed by atoms with Crippen LogP contribution in [-0.4, -0.2) is 62.7 Å². The van der Waals surface area contributed by atoms with E-state index in [0.717, 1.165) is 31.6 Å². The van der Waals surface area contributed by atoms with Crippen molar-refractivity contribution in [1.29, 1.82) is 0 Å². The van der Waals surface area contributed by atoms with E-state index in [1.54, 1.807) is 0 Å². The summed E-state index contributed by atoms with van der Waals surface area (Å²) >= 11 is 0. The molecule has 2 N–H and O–H groups in total. The molecule has 128 valence electrons. The van der Waals surface area contributed by atoms with Gasteiger partial charge in [-0.3, -0.25) is 14.7 Å². The van der Waals surface area contributed by atoms with Crippen LogP contribution in [0, 0.1) is 0 Å². The van der Waals surface area contributed by atoms with Crippen LogP contribution in [-0.2, 0) is 9.53 Å². The van der Waals surface area contributed by atoms with E-state index in [-0.39, 0.29) is 5.97 Å². The lowest BCUT2D eigenvalue weighted by molar-refractivity contribution is -0.140. The fraction of sp³-hybridized carbons (Fsp3) is 0.875. The number of methoxy groups -OCH3 is 1. The van der Waals surface area contributed by atoms with Gasteiger partial charge in [-0.15, -0.1) is 0 Å². The Bertz CT molecular complexity index is 347. The van der Waals surface area contributed by atoms with Crippen LogP contribution in [0.2, 0.25) is 0 Å². The predicted octanol–water partition coefficient (Wildman–Crippen LogP) is 1.37. The predicted molar refractivity (Wildman–Crippen MR) is 90.1 cm³/mol. The molecule has 0 saturated carbocycles. The number of hydrogen-bond donors (Lipinski definition) is 2. The summed E-state index contributed by atoms with van der Waals surface area (Å²) in [6.07, 6.45) is 5.55. The van der Waals surface area contributed by atoms with Crippen molar-refractivity contribution in [1.82, 2.24) is 15.5 Å². The Morgan fingerprint density at radius 3 is 2.82 bits per heavy atom. The summed E-state index contributed by atoms with van der Waals surface area (Å²) in [5.41, 5.74) is 0. The van der Waals surface area contributed by atoms with Gasteiger partial charge >= 0.3 is 5.97 Å². The van der Waals surface area contributed by atoms with Gasteiger partial charge in [0.15, 0.2) is 5.96 Å². The van der Waals surface area contributed by atoms with Crippen molar-refractivity contribution >= 4 is 11.9 Å². The first-order valence-corrected chi connectivity index (χ1v) is 8.54. The average Bonchev–Trinajstić information content (AvgIpc) is 2.55. The first kappa shape index (κ1) is 18.7. The number of esters is 1. The highest BCUT2D eigenvalue weighted by molar-refractivity contribution is 5.80. The molecule has 0 aromatic carbocycles. The number of ether oxygens (including phenoxy) is 1. The molecule has 1 saturated heterocycles. The molecular formula is C16H32N4O2. The van der Waals surface area contributed by atoms with Gasteiger partial charge in [0.1, 0.15) is 0 Å². The Kier molecular flexibility index (Phi) is 9.62. The standard InChI is InChI=1S/C16H32N4O2/c1-4-14-8-6-7-12-20(14)13-11-19-16(17-5-2)18-10-9-15(21)22-3/h14H,4-13H2,1-3H3,(H2,17,18,19). The molecule has 0 aromatic heterocycles. The molecule has 6 nitrogen and oxygen atoms in total. The van der Waals surface area contributed by atoms with Crippen molar-refractivity contribution in [2.24, 2.45) is 4.99 Å². The second-order valence-corrected chi connectivity index (χ2v) is 5.61. The van der Waals surface area contributed by atoms with Crippen molar-refractivity contribution in [3.8, 4) is 0 Å². The summed E-state index contributed by atoms with van der Waals surface area (Å²) in [5.74, 6) is 0.568. The van der Waals surface area contributed by atoms with Crippen LogP contribution in [0.3, 0.4) is 0 Å². The molecule has 6 heteroatoms. The maximum Gasteiger partial charge on any atom is 0.307 e. The third kappa shape index (κ3) is 7.11. The van der Waals surface area contributed by atoms with Crippen LogP contribution in [0.4, 0.5) is 0 Å². The van der Waals surface area contributed by atoms with Crippen LogP contribution in [0.5, 0.6) is 0 Å². The number of piperidine rings is 1. The number of aliphatic imine (C=N–C) groups is 1. The summed E-state index contributed by atoms with van der Waals surface area (Å²) in [4.78, 5) is 18.3. The summed E-state index contributed by atoms with van der Waals surface area (Å²) in [5, 5.41) is 6.37. The Hall–Kier alpha value is -1.30. The molecular weight excluding hydrogens is 280 g/mol. The molecule has 1 fully saturated rings. The fourth-order valence-corrected chi connectivity index (χ4v) is 2.83. The van der Waals surface area contributed by atoms with E-state index < -0.39 is 0 Å². The molecule has 0 spiro atoms. The van der Waals surface area contributed by atoms with Gasteiger partial charge in [0.05, 0.1) is 20.1 Å². The normalized spacial score (nSPS) is 19.8. The van der Waals surface area contributed by atoms with Crippen LogP contribution >= 0.6 is 0 Å². The van der Waals surface area contributed by atoms with Crippen molar-refractivity contribution in [3.05, 3.63) is 0 Å². The van der Waals surface area contributed by atoms with Gasteiger partial charge in [0, 0.05) is 25.7 Å². The van der Waals surface area contributed by atoms with Gasteiger partial charge in [-0.05, 0) is 32.7 Å². The topological polar surface area (TPSA) is 66.0 Å². The van der Waals surface area contributed by atoms with E-state index in [4.69, 9.17) is 0 Å². The fourth-order valence-electron chi connectivity index (χ4n) is 2.83. The van der Waals surface area contributed by atoms with Crippen molar-refractivity contribution in [3.63, 3.8) is 0 Å². The second kappa shape index (κ2) is 11.3. The third-order valence-electron chi connectivity index (χ3n) is 4.07. The monoisotopic (exact) mass is 312 g/mol. The van der Waals surface area contributed by atoms with Gasteiger partial charge in [-0.1, -0.05) is 13.3 Å². The van der Waals surface area contributed by atoms with E-state index in [1.165, 1.54) is 39.3 Å².